The fraction of sp³-hybridized carbons (Fsp3) is 0.857. The van der Waals surface area contributed by atoms with Crippen LogP contribution in [0.25, 0.3) is 0 Å². The normalized spacial score (nSPS) is 13.6. The van der Waals surface area contributed by atoms with Crippen molar-refractivity contribution in [3.05, 3.63) is 0 Å². The molecule has 0 fully saturated rings. The van der Waals surface area contributed by atoms with Crippen LogP contribution in [0.5, 0.6) is 0 Å². The lowest BCUT2D eigenvalue weighted by atomic mass is 10.3. The van der Waals surface area contributed by atoms with Crippen molar-refractivity contribution in [2.24, 2.45) is 0 Å². The molecule has 0 aliphatic carbocycles. The van der Waals surface area contributed by atoms with Gasteiger partial charge in [0.2, 0.25) is 11.8 Å². The van der Waals surface area contributed by atoms with E-state index in [1.165, 1.54) is 0 Å². The third kappa shape index (κ3) is 11.5. The van der Waals surface area contributed by atoms with Gasteiger partial charge in [-0.3, -0.25) is 9.59 Å². The maximum atomic E-state index is 11.6. The van der Waals surface area contributed by atoms with Crippen molar-refractivity contribution >= 4 is 33.4 Å². The van der Waals surface area contributed by atoms with Gasteiger partial charge < -0.3 is 10.6 Å². The van der Waals surface area contributed by atoms with E-state index in [0.29, 0.717) is 12.8 Å². The smallest absolute Gasteiger partial charge is 0.221 e. The zero-order valence-corrected chi connectivity index (χ0v) is 14.7. The molecule has 0 aliphatic rings. The first-order chi connectivity index (χ1) is 9.49. The molecule has 0 bridgehead atoms. The molecule has 2 N–H and O–H groups in total. The van der Waals surface area contributed by atoms with Gasteiger partial charge in [-0.25, -0.2) is 0 Å². The van der Waals surface area contributed by atoms with Crippen molar-refractivity contribution in [2.45, 2.75) is 63.9 Å². The van der Waals surface area contributed by atoms with Gasteiger partial charge in [-0.05, 0) is 12.8 Å². The van der Waals surface area contributed by atoms with Crippen LogP contribution in [0, 0.1) is 0 Å². The molecule has 0 aromatic heterocycles. The number of hydrogen-bond acceptors (Lipinski definition) is 4. The Morgan fingerprint density at radius 2 is 1.20 bits per heavy atom. The molecule has 0 saturated carbocycles. The van der Waals surface area contributed by atoms with E-state index in [9.17, 15) is 9.59 Å². The van der Waals surface area contributed by atoms with Gasteiger partial charge in [0.15, 0.2) is 0 Å². The molecule has 0 rings (SSSR count). The van der Waals surface area contributed by atoms with E-state index in [4.69, 9.17) is 0 Å². The second kappa shape index (κ2) is 12.4. The number of carbonyl (C=O) groups excluding carboxylic acids is 2. The minimum absolute atomic E-state index is 0.112. The maximum Gasteiger partial charge on any atom is 0.221 e. The van der Waals surface area contributed by atoms with Crippen molar-refractivity contribution in [1.82, 2.24) is 10.6 Å². The fourth-order valence-electron chi connectivity index (χ4n) is 1.45. The zero-order chi connectivity index (χ0) is 15.4. The molecule has 118 valence electrons. The molecule has 0 aromatic carbocycles. The summed E-state index contributed by atoms with van der Waals surface area (Å²) >= 11 is 0. The quantitative estimate of drug-likeness (QED) is 0.575. The molecule has 0 saturated heterocycles. The molecule has 0 heterocycles. The van der Waals surface area contributed by atoms with E-state index in [-0.39, 0.29) is 22.3 Å². The van der Waals surface area contributed by atoms with Crippen LogP contribution in [0.2, 0.25) is 0 Å². The molecule has 0 aromatic rings. The molecule has 20 heavy (non-hydrogen) atoms. The van der Waals surface area contributed by atoms with E-state index in [0.717, 1.165) is 25.9 Å². The van der Waals surface area contributed by atoms with Crippen LogP contribution < -0.4 is 10.6 Å². The Morgan fingerprint density at radius 3 is 1.50 bits per heavy atom. The zero-order valence-electron chi connectivity index (χ0n) is 13.0. The molecule has 2 atom stereocenters. The van der Waals surface area contributed by atoms with Crippen molar-refractivity contribution in [3.8, 4) is 0 Å². The standard InChI is InChI=1S/C14H28N2O2S2/c1-5-7-15-13(17)9-11(3)19-20-12(4)10-14(18)16-8-6-2/h11-12H,5-10H2,1-4H3,(H,15,17)(H,16,18). The van der Waals surface area contributed by atoms with Crippen LogP contribution in [-0.2, 0) is 9.59 Å². The highest BCUT2D eigenvalue weighted by Crippen LogP contribution is 2.33. The maximum absolute atomic E-state index is 11.6. The average Bonchev–Trinajstić information content (AvgIpc) is 2.40. The molecular formula is C14H28N2O2S2. The summed E-state index contributed by atoms with van der Waals surface area (Å²) in [6.07, 6.45) is 3.00. The first kappa shape index (κ1) is 19.6. The van der Waals surface area contributed by atoms with Crippen molar-refractivity contribution < 1.29 is 9.59 Å². The van der Waals surface area contributed by atoms with Gasteiger partial charge in [0.05, 0.1) is 0 Å². The second-order valence-electron chi connectivity index (χ2n) is 4.92. The predicted molar refractivity (Wildman–Crippen MR) is 89.9 cm³/mol. The number of hydrogen-bond donors (Lipinski definition) is 2. The van der Waals surface area contributed by atoms with E-state index < -0.39 is 0 Å². The topological polar surface area (TPSA) is 58.2 Å². The van der Waals surface area contributed by atoms with Gasteiger partial charge in [0.1, 0.15) is 0 Å². The van der Waals surface area contributed by atoms with Gasteiger partial charge in [0.25, 0.3) is 0 Å². The first-order valence-corrected chi connectivity index (χ1v) is 9.62. The lowest BCUT2D eigenvalue weighted by Crippen LogP contribution is -2.26. The van der Waals surface area contributed by atoms with Crippen LogP contribution in [0.4, 0.5) is 0 Å². The summed E-state index contributed by atoms with van der Waals surface area (Å²) in [4.78, 5) is 23.1. The van der Waals surface area contributed by atoms with Crippen molar-refractivity contribution in [1.29, 1.82) is 0 Å². The van der Waals surface area contributed by atoms with Crippen LogP contribution >= 0.6 is 21.6 Å². The number of nitrogens with one attached hydrogen (secondary N) is 2. The Bertz CT molecular complexity index is 260. The second-order valence-corrected chi connectivity index (χ2v) is 8.07. The van der Waals surface area contributed by atoms with E-state index in [2.05, 4.69) is 10.6 Å². The molecule has 0 aliphatic heterocycles. The SMILES string of the molecule is CCCNC(=O)CC(C)SSC(C)CC(=O)NCCC. The first-order valence-electron chi connectivity index (χ1n) is 7.35. The van der Waals surface area contributed by atoms with Gasteiger partial charge in [0, 0.05) is 36.4 Å². The highest BCUT2D eigenvalue weighted by atomic mass is 33.1. The largest absolute Gasteiger partial charge is 0.356 e. The number of amides is 2. The van der Waals surface area contributed by atoms with Gasteiger partial charge in [-0.15, -0.1) is 0 Å². The van der Waals surface area contributed by atoms with Crippen molar-refractivity contribution in [3.63, 3.8) is 0 Å². The highest BCUT2D eigenvalue weighted by Gasteiger charge is 2.14. The van der Waals surface area contributed by atoms with Gasteiger partial charge in [-0.2, -0.15) is 0 Å². The lowest BCUT2D eigenvalue weighted by molar-refractivity contribution is -0.121. The summed E-state index contributed by atoms with van der Waals surface area (Å²) in [5.74, 6) is 0.224. The molecule has 0 radical (unpaired) electrons. The van der Waals surface area contributed by atoms with Crippen LogP contribution in [0.3, 0.4) is 0 Å². The average molecular weight is 321 g/mol. The van der Waals surface area contributed by atoms with Crippen LogP contribution in [0.15, 0.2) is 0 Å². The molecule has 2 unspecified atom stereocenters. The monoisotopic (exact) mass is 320 g/mol. The Labute approximate surface area is 131 Å². The van der Waals surface area contributed by atoms with E-state index in [1.807, 2.05) is 27.7 Å². The van der Waals surface area contributed by atoms with Gasteiger partial charge in [-0.1, -0.05) is 49.3 Å². The summed E-state index contributed by atoms with van der Waals surface area (Å²) in [6.45, 7) is 9.67. The minimum atomic E-state index is 0.112. The lowest BCUT2D eigenvalue weighted by Gasteiger charge is -2.14. The third-order valence-electron chi connectivity index (χ3n) is 2.47. The number of carbonyl (C=O) groups is 2. The van der Waals surface area contributed by atoms with Crippen LogP contribution in [-0.4, -0.2) is 35.4 Å². The fourth-order valence-corrected chi connectivity index (χ4v) is 3.82. The van der Waals surface area contributed by atoms with Gasteiger partial charge >= 0.3 is 0 Å². The van der Waals surface area contributed by atoms with E-state index in [1.54, 1.807) is 21.6 Å². The minimum Gasteiger partial charge on any atom is -0.356 e. The van der Waals surface area contributed by atoms with E-state index >= 15 is 0 Å². The molecule has 0 spiro atoms. The summed E-state index contributed by atoms with van der Waals surface area (Å²) in [5.41, 5.74) is 0. The summed E-state index contributed by atoms with van der Waals surface area (Å²) in [7, 11) is 3.38. The van der Waals surface area contributed by atoms with Crippen LogP contribution in [0.1, 0.15) is 53.4 Å². The Morgan fingerprint density at radius 1 is 0.850 bits per heavy atom. The van der Waals surface area contributed by atoms with Crippen molar-refractivity contribution in [2.75, 3.05) is 13.1 Å². The Balaban J connectivity index is 3.74. The molecule has 2 amide bonds. The number of rotatable bonds is 11. The third-order valence-corrected chi connectivity index (χ3v) is 5.88. The summed E-state index contributed by atoms with van der Waals surface area (Å²) in [6, 6.07) is 0. The molecule has 4 nitrogen and oxygen atoms in total. The summed E-state index contributed by atoms with van der Waals surface area (Å²) < 4.78 is 0. The molecule has 6 heteroatoms. The Kier molecular flexibility index (Phi) is 12.2. The molecular weight excluding hydrogens is 292 g/mol. The highest BCUT2D eigenvalue weighted by molar-refractivity contribution is 8.77. The predicted octanol–water partition coefficient (Wildman–Crippen LogP) is 2.98. The Hall–Kier alpha value is -0.360. The summed E-state index contributed by atoms with van der Waals surface area (Å²) in [5, 5.41) is 6.29.